The van der Waals surface area contributed by atoms with Crippen molar-refractivity contribution in [3.05, 3.63) is 77.4 Å². The lowest BCUT2D eigenvalue weighted by molar-refractivity contribution is -0.138. The Bertz CT molecular complexity index is 603. The van der Waals surface area contributed by atoms with Gasteiger partial charge in [-0.05, 0) is 29.2 Å². The van der Waals surface area contributed by atoms with Gasteiger partial charge in [-0.1, -0.05) is 54.6 Å². The van der Waals surface area contributed by atoms with Gasteiger partial charge in [0.05, 0.1) is 0 Å². The van der Waals surface area contributed by atoms with Gasteiger partial charge in [0.25, 0.3) is 0 Å². The molecule has 3 heteroatoms. The summed E-state index contributed by atoms with van der Waals surface area (Å²) in [5, 5.41) is 9.02. The number of hydrogen-bond acceptors (Lipinski definition) is 3. The van der Waals surface area contributed by atoms with E-state index in [4.69, 9.17) is 9.84 Å². The fourth-order valence-electron chi connectivity index (χ4n) is 1.98. The van der Waals surface area contributed by atoms with Crippen molar-refractivity contribution in [1.29, 1.82) is 0 Å². The summed E-state index contributed by atoms with van der Waals surface area (Å²) in [4.78, 5) is 11.7. The van der Waals surface area contributed by atoms with Crippen LogP contribution in [0, 0.1) is 0 Å². The first-order chi connectivity index (χ1) is 10.3. The van der Waals surface area contributed by atoms with Crippen molar-refractivity contribution in [3.8, 4) is 0 Å². The average molecular weight is 282 g/mol. The van der Waals surface area contributed by atoms with Crippen molar-refractivity contribution >= 4 is 12.0 Å². The fourth-order valence-corrected chi connectivity index (χ4v) is 1.98. The molecule has 0 saturated heterocycles. The van der Waals surface area contributed by atoms with Gasteiger partial charge >= 0.3 is 5.97 Å². The van der Waals surface area contributed by atoms with E-state index in [-0.39, 0.29) is 19.2 Å². The zero-order valence-electron chi connectivity index (χ0n) is 11.7. The molecule has 108 valence electrons. The minimum atomic E-state index is -0.377. The van der Waals surface area contributed by atoms with Gasteiger partial charge in [-0.3, -0.25) is 0 Å². The molecule has 2 aromatic carbocycles. The van der Waals surface area contributed by atoms with Crippen molar-refractivity contribution < 1.29 is 14.6 Å². The summed E-state index contributed by atoms with van der Waals surface area (Å²) in [7, 11) is 0. The highest BCUT2D eigenvalue weighted by Crippen LogP contribution is 2.11. The first kappa shape index (κ1) is 15.0. The maximum atomic E-state index is 11.7. The van der Waals surface area contributed by atoms with Crippen LogP contribution >= 0.6 is 0 Å². The van der Waals surface area contributed by atoms with Crippen LogP contribution in [0.5, 0.6) is 0 Å². The topological polar surface area (TPSA) is 46.5 Å². The quantitative estimate of drug-likeness (QED) is 0.654. The second-order valence-corrected chi connectivity index (χ2v) is 4.60. The van der Waals surface area contributed by atoms with Crippen molar-refractivity contribution in [2.45, 2.75) is 13.0 Å². The molecule has 0 fully saturated rings. The van der Waals surface area contributed by atoms with E-state index in [1.165, 1.54) is 6.08 Å². The number of aliphatic hydroxyl groups is 1. The summed E-state index contributed by atoms with van der Waals surface area (Å²) in [6.45, 7) is 0.353. The average Bonchev–Trinajstić information content (AvgIpc) is 2.53. The lowest BCUT2D eigenvalue weighted by Gasteiger charge is -2.04. The first-order valence-corrected chi connectivity index (χ1v) is 6.87. The molecular weight excluding hydrogens is 264 g/mol. The minimum Gasteiger partial charge on any atom is -0.458 e. The van der Waals surface area contributed by atoms with Crippen LogP contribution in [0.3, 0.4) is 0 Å². The fraction of sp³-hybridized carbons (Fsp3) is 0.167. The number of rotatable bonds is 6. The number of esters is 1. The highest BCUT2D eigenvalue weighted by Gasteiger charge is 2.01. The van der Waals surface area contributed by atoms with Gasteiger partial charge in [-0.2, -0.15) is 0 Å². The maximum absolute atomic E-state index is 11.7. The summed E-state index contributed by atoms with van der Waals surface area (Å²) in [5.74, 6) is -0.377. The number of hydrogen-bond donors (Lipinski definition) is 1. The molecule has 2 aromatic rings. The van der Waals surface area contributed by atoms with E-state index in [0.717, 1.165) is 16.7 Å². The smallest absolute Gasteiger partial charge is 0.331 e. The number of carbonyl (C=O) groups is 1. The van der Waals surface area contributed by atoms with Gasteiger partial charge in [-0.15, -0.1) is 0 Å². The Labute approximate surface area is 124 Å². The van der Waals surface area contributed by atoms with E-state index in [9.17, 15) is 4.79 Å². The summed E-state index contributed by atoms with van der Waals surface area (Å²) in [6, 6.07) is 17.2. The van der Waals surface area contributed by atoms with Crippen LogP contribution in [0.25, 0.3) is 6.08 Å². The third kappa shape index (κ3) is 4.89. The normalized spacial score (nSPS) is 10.7. The number of benzene rings is 2. The molecule has 0 radical (unpaired) electrons. The standard InChI is InChI=1S/C18H18O3/c19-13-12-17-9-5-4-8-16(17)10-11-18(20)21-14-15-6-2-1-3-7-15/h1-11,19H,12-14H2/b11-10+. The molecule has 1 N–H and O–H groups in total. The van der Waals surface area contributed by atoms with Crippen LogP contribution in [-0.2, 0) is 22.6 Å². The van der Waals surface area contributed by atoms with Gasteiger partial charge in [0.15, 0.2) is 0 Å². The Hall–Kier alpha value is -2.39. The molecule has 3 nitrogen and oxygen atoms in total. The molecule has 0 amide bonds. The van der Waals surface area contributed by atoms with Crippen molar-refractivity contribution in [3.63, 3.8) is 0 Å². The molecule has 0 unspecified atom stereocenters. The maximum Gasteiger partial charge on any atom is 0.331 e. The van der Waals surface area contributed by atoms with E-state index in [1.807, 2.05) is 54.6 Å². The second-order valence-electron chi connectivity index (χ2n) is 4.60. The number of ether oxygens (including phenoxy) is 1. The van der Waals surface area contributed by atoms with E-state index < -0.39 is 0 Å². The highest BCUT2D eigenvalue weighted by molar-refractivity contribution is 5.87. The summed E-state index contributed by atoms with van der Waals surface area (Å²) < 4.78 is 5.17. The Morgan fingerprint density at radius 1 is 1.05 bits per heavy atom. The van der Waals surface area contributed by atoms with Gasteiger partial charge < -0.3 is 9.84 Å². The molecule has 0 saturated carbocycles. The molecule has 0 aliphatic heterocycles. The molecule has 0 spiro atoms. The largest absolute Gasteiger partial charge is 0.458 e. The van der Waals surface area contributed by atoms with E-state index in [2.05, 4.69) is 0 Å². The van der Waals surface area contributed by atoms with Gasteiger partial charge in [0.2, 0.25) is 0 Å². The SMILES string of the molecule is O=C(/C=C/c1ccccc1CCO)OCc1ccccc1. The van der Waals surface area contributed by atoms with Gasteiger partial charge in [-0.25, -0.2) is 4.79 Å². The number of carbonyl (C=O) groups excluding carboxylic acids is 1. The molecule has 0 aromatic heterocycles. The van der Waals surface area contributed by atoms with Crippen molar-refractivity contribution in [2.24, 2.45) is 0 Å². The van der Waals surface area contributed by atoms with Crippen LogP contribution in [0.2, 0.25) is 0 Å². The molecule has 21 heavy (non-hydrogen) atoms. The molecule has 0 aliphatic carbocycles. The van der Waals surface area contributed by atoms with Crippen LogP contribution < -0.4 is 0 Å². The van der Waals surface area contributed by atoms with Gasteiger partial charge in [0, 0.05) is 12.7 Å². The predicted molar refractivity (Wildman–Crippen MR) is 82.5 cm³/mol. The monoisotopic (exact) mass is 282 g/mol. The molecule has 0 bridgehead atoms. The van der Waals surface area contributed by atoms with E-state index in [1.54, 1.807) is 6.08 Å². The Morgan fingerprint density at radius 3 is 2.52 bits per heavy atom. The number of aliphatic hydroxyl groups excluding tert-OH is 1. The minimum absolute atomic E-state index is 0.0866. The third-order valence-electron chi connectivity index (χ3n) is 3.06. The van der Waals surface area contributed by atoms with Crippen LogP contribution in [0.4, 0.5) is 0 Å². The Morgan fingerprint density at radius 2 is 1.76 bits per heavy atom. The van der Waals surface area contributed by atoms with Gasteiger partial charge in [0.1, 0.15) is 6.61 Å². The highest BCUT2D eigenvalue weighted by atomic mass is 16.5. The molecular formula is C18H18O3. The van der Waals surface area contributed by atoms with Crippen molar-refractivity contribution in [2.75, 3.05) is 6.61 Å². The van der Waals surface area contributed by atoms with Crippen LogP contribution in [0.15, 0.2) is 60.7 Å². The predicted octanol–water partition coefficient (Wildman–Crippen LogP) is 2.98. The zero-order valence-corrected chi connectivity index (χ0v) is 11.7. The Balaban J connectivity index is 1.93. The lowest BCUT2D eigenvalue weighted by Crippen LogP contribution is -2.01. The summed E-state index contributed by atoms with van der Waals surface area (Å²) in [5.41, 5.74) is 2.88. The van der Waals surface area contributed by atoms with E-state index >= 15 is 0 Å². The lowest BCUT2D eigenvalue weighted by atomic mass is 10.0. The van der Waals surface area contributed by atoms with Crippen LogP contribution in [-0.4, -0.2) is 17.7 Å². The molecule has 0 atom stereocenters. The molecule has 2 rings (SSSR count). The summed E-state index contributed by atoms with van der Waals surface area (Å²) >= 11 is 0. The first-order valence-electron chi connectivity index (χ1n) is 6.87. The second kappa shape index (κ2) is 8.02. The van der Waals surface area contributed by atoms with Crippen LogP contribution in [0.1, 0.15) is 16.7 Å². The third-order valence-corrected chi connectivity index (χ3v) is 3.06. The molecule has 0 heterocycles. The van der Waals surface area contributed by atoms with E-state index in [0.29, 0.717) is 6.42 Å². The summed E-state index contributed by atoms with van der Waals surface area (Å²) in [6.07, 6.45) is 3.71. The zero-order chi connectivity index (χ0) is 14.9. The molecule has 0 aliphatic rings. The van der Waals surface area contributed by atoms with Crippen molar-refractivity contribution in [1.82, 2.24) is 0 Å². The Kier molecular flexibility index (Phi) is 5.73.